The summed E-state index contributed by atoms with van der Waals surface area (Å²) in [7, 11) is 1.58. The highest BCUT2D eigenvalue weighted by molar-refractivity contribution is 5.96. The van der Waals surface area contributed by atoms with Crippen LogP contribution in [0.5, 0.6) is 0 Å². The third-order valence-electron chi connectivity index (χ3n) is 7.11. The van der Waals surface area contributed by atoms with E-state index in [1.807, 2.05) is 24.3 Å². The van der Waals surface area contributed by atoms with Gasteiger partial charge in [0.25, 0.3) is 5.91 Å². The second-order valence-electron chi connectivity index (χ2n) is 9.82. The van der Waals surface area contributed by atoms with E-state index in [9.17, 15) is 14.0 Å². The van der Waals surface area contributed by atoms with E-state index in [-0.39, 0.29) is 36.0 Å². The molecular weight excluding hydrogens is 527 g/mol. The standard InChI is InChI=1S/C32H33FN4O2.ClH/c1-35-32(39)28-10-14-30(15-11-28)37(23-27-8-12-29(33)13-9-27)31(38)21-25-16-19-36(20-17-25)18-2-3-24-4-6-26(22-34)7-5-24;/h2-15,25H,16-21,23H2,1H3,(H,35,39);1H/b3-2+;. The smallest absolute Gasteiger partial charge is 0.251 e. The predicted molar refractivity (Wildman–Crippen MR) is 159 cm³/mol. The zero-order chi connectivity index (χ0) is 27.6. The number of nitriles is 1. The molecule has 3 aromatic carbocycles. The molecule has 2 amide bonds. The molecule has 0 unspecified atom stereocenters. The van der Waals surface area contributed by atoms with Crippen molar-refractivity contribution in [2.45, 2.75) is 25.8 Å². The zero-order valence-electron chi connectivity index (χ0n) is 22.6. The number of rotatable bonds is 9. The average Bonchev–Trinajstić information content (AvgIpc) is 2.97. The van der Waals surface area contributed by atoms with Gasteiger partial charge in [-0.05, 0) is 91.5 Å². The van der Waals surface area contributed by atoms with Gasteiger partial charge in [0.1, 0.15) is 5.82 Å². The number of carbonyl (C=O) groups is 2. The number of carbonyl (C=O) groups excluding carboxylic acids is 2. The number of piperidine rings is 1. The molecule has 208 valence electrons. The maximum absolute atomic E-state index is 13.5. The van der Waals surface area contributed by atoms with Crippen LogP contribution in [0.3, 0.4) is 0 Å². The first-order valence-corrected chi connectivity index (χ1v) is 13.2. The summed E-state index contributed by atoms with van der Waals surface area (Å²) in [6, 6.07) is 22.8. The molecule has 1 N–H and O–H groups in total. The number of anilines is 1. The van der Waals surface area contributed by atoms with E-state index < -0.39 is 0 Å². The molecule has 1 aliphatic rings. The second-order valence-corrected chi connectivity index (χ2v) is 9.82. The molecule has 0 bridgehead atoms. The molecule has 0 aliphatic carbocycles. The van der Waals surface area contributed by atoms with Crippen LogP contribution in [0, 0.1) is 23.1 Å². The third kappa shape index (κ3) is 8.51. The van der Waals surface area contributed by atoms with Crippen LogP contribution >= 0.6 is 12.4 Å². The molecule has 0 atom stereocenters. The largest absolute Gasteiger partial charge is 0.355 e. The highest BCUT2D eigenvalue weighted by Crippen LogP contribution is 2.25. The summed E-state index contributed by atoms with van der Waals surface area (Å²) in [5, 5.41) is 11.5. The Kier molecular flexibility index (Phi) is 11.4. The lowest BCUT2D eigenvalue weighted by molar-refractivity contribution is -0.120. The van der Waals surface area contributed by atoms with E-state index in [4.69, 9.17) is 5.26 Å². The lowest BCUT2D eigenvalue weighted by Gasteiger charge is -2.32. The summed E-state index contributed by atoms with van der Waals surface area (Å²) in [5.74, 6) is -0.190. The molecule has 1 heterocycles. The van der Waals surface area contributed by atoms with Crippen molar-refractivity contribution in [3.63, 3.8) is 0 Å². The summed E-state index contributed by atoms with van der Waals surface area (Å²) < 4.78 is 13.5. The van der Waals surface area contributed by atoms with E-state index in [0.29, 0.717) is 29.8 Å². The minimum atomic E-state index is -0.315. The number of halogens is 2. The molecule has 1 saturated heterocycles. The molecule has 0 radical (unpaired) electrons. The lowest BCUT2D eigenvalue weighted by atomic mass is 9.92. The number of nitrogens with one attached hydrogen (secondary N) is 1. The Bertz CT molecular complexity index is 1330. The Hall–Kier alpha value is -3.99. The van der Waals surface area contributed by atoms with Crippen molar-refractivity contribution >= 4 is 36.0 Å². The van der Waals surface area contributed by atoms with Crippen LogP contribution in [-0.2, 0) is 11.3 Å². The van der Waals surface area contributed by atoms with Crippen LogP contribution in [0.15, 0.2) is 78.9 Å². The molecule has 0 saturated carbocycles. The maximum Gasteiger partial charge on any atom is 0.251 e. The van der Waals surface area contributed by atoms with Gasteiger partial charge >= 0.3 is 0 Å². The molecule has 3 aromatic rings. The molecule has 0 aromatic heterocycles. The van der Waals surface area contributed by atoms with Crippen LogP contribution in [0.4, 0.5) is 10.1 Å². The summed E-state index contributed by atoms with van der Waals surface area (Å²) in [6.07, 6.45) is 6.53. The van der Waals surface area contributed by atoms with Crippen molar-refractivity contribution in [2.24, 2.45) is 5.92 Å². The van der Waals surface area contributed by atoms with Gasteiger partial charge < -0.3 is 10.2 Å². The van der Waals surface area contributed by atoms with Crippen molar-refractivity contribution in [3.05, 3.63) is 107 Å². The van der Waals surface area contributed by atoms with Gasteiger partial charge in [-0.1, -0.05) is 36.4 Å². The molecule has 1 aliphatic heterocycles. The summed E-state index contributed by atoms with van der Waals surface area (Å²) in [6.45, 7) is 3.02. The lowest BCUT2D eigenvalue weighted by Crippen LogP contribution is -2.37. The van der Waals surface area contributed by atoms with Crippen LogP contribution in [0.1, 0.15) is 46.3 Å². The maximum atomic E-state index is 13.5. The minimum Gasteiger partial charge on any atom is -0.355 e. The van der Waals surface area contributed by atoms with Gasteiger partial charge in [-0.3, -0.25) is 14.5 Å². The van der Waals surface area contributed by atoms with E-state index in [2.05, 4.69) is 28.4 Å². The topological polar surface area (TPSA) is 76.4 Å². The SMILES string of the molecule is CNC(=O)c1ccc(N(Cc2ccc(F)cc2)C(=O)CC2CCN(C/C=C/c3ccc(C#N)cc3)CC2)cc1.Cl. The van der Waals surface area contributed by atoms with Gasteiger partial charge in [-0.25, -0.2) is 4.39 Å². The fourth-order valence-corrected chi connectivity index (χ4v) is 4.77. The fraction of sp³-hybridized carbons (Fsp3) is 0.281. The second kappa shape index (κ2) is 15.0. The Labute approximate surface area is 241 Å². The monoisotopic (exact) mass is 560 g/mol. The van der Waals surface area contributed by atoms with E-state index in [1.165, 1.54) is 12.1 Å². The number of nitrogens with zero attached hydrogens (tertiary/aromatic N) is 3. The quantitative estimate of drug-likeness (QED) is 0.357. The van der Waals surface area contributed by atoms with Crippen LogP contribution < -0.4 is 10.2 Å². The Morgan fingerprint density at radius 2 is 1.68 bits per heavy atom. The van der Waals surface area contributed by atoms with Gasteiger partial charge in [-0.15, -0.1) is 12.4 Å². The molecule has 6 nitrogen and oxygen atoms in total. The van der Waals surface area contributed by atoms with Crippen LogP contribution in [0.25, 0.3) is 6.08 Å². The van der Waals surface area contributed by atoms with Gasteiger partial charge in [0.15, 0.2) is 0 Å². The summed E-state index contributed by atoms with van der Waals surface area (Å²) in [4.78, 5) is 29.6. The molecule has 40 heavy (non-hydrogen) atoms. The van der Waals surface area contributed by atoms with Crippen molar-refractivity contribution in [1.29, 1.82) is 5.26 Å². The Balaban J connectivity index is 0.00000441. The first-order valence-electron chi connectivity index (χ1n) is 13.2. The molecular formula is C32H34ClFN4O2. The first-order chi connectivity index (χ1) is 18.9. The summed E-state index contributed by atoms with van der Waals surface area (Å²) in [5.41, 5.74) is 3.79. The number of hydrogen-bond donors (Lipinski definition) is 1. The van der Waals surface area contributed by atoms with Crippen molar-refractivity contribution in [2.75, 3.05) is 31.6 Å². The van der Waals surface area contributed by atoms with E-state index >= 15 is 0 Å². The normalized spacial score (nSPS) is 13.8. The van der Waals surface area contributed by atoms with Gasteiger partial charge in [0, 0.05) is 31.3 Å². The van der Waals surface area contributed by atoms with Gasteiger partial charge in [0.2, 0.25) is 5.91 Å². The highest BCUT2D eigenvalue weighted by atomic mass is 35.5. The molecule has 0 spiro atoms. The first kappa shape index (κ1) is 30.6. The number of likely N-dealkylation sites (tertiary alicyclic amines) is 1. The summed E-state index contributed by atoms with van der Waals surface area (Å²) >= 11 is 0. The fourth-order valence-electron chi connectivity index (χ4n) is 4.77. The predicted octanol–water partition coefficient (Wildman–Crippen LogP) is 5.83. The van der Waals surface area contributed by atoms with Crippen LogP contribution in [-0.4, -0.2) is 43.4 Å². The Morgan fingerprint density at radius 1 is 1.02 bits per heavy atom. The van der Waals surface area contributed by atoms with E-state index in [0.717, 1.165) is 43.6 Å². The van der Waals surface area contributed by atoms with Crippen molar-refractivity contribution in [1.82, 2.24) is 10.2 Å². The molecule has 1 fully saturated rings. The average molecular weight is 561 g/mol. The highest BCUT2D eigenvalue weighted by Gasteiger charge is 2.25. The van der Waals surface area contributed by atoms with Gasteiger partial charge in [0.05, 0.1) is 18.2 Å². The third-order valence-corrected chi connectivity index (χ3v) is 7.11. The zero-order valence-corrected chi connectivity index (χ0v) is 23.4. The van der Waals surface area contributed by atoms with Gasteiger partial charge in [-0.2, -0.15) is 5.26 Å². The molecule has 8 heteroatoms. The Morgan fingerprint density at radius 3 is 2.27 bits per heavy atom. The van der Waals surface area contributed by atoms with Crippen LogP contribution in [0.2, 0.25) is 0 Å². The van der Waals surface area contributed by atoms with Crippen molar-refractivity contribution in [3.8, 4) is 6.07 Å². The number of hydrogen-bond acceptors (Lipinski definition) is 4. The van der Waals surface area contributed by atoms with Crippen molar-refractivity contribution < 1.29 is 14.0 Å². The number of amides is 2. The number of benzene rings is 3. The molecule has 4 rings (SSSR count). The minimum absolute atomic E-state index is 0. The van der Waals surface area contributed by atoms with E-state index in [1.54, 1.807) is 48.3 Å².